The normalized spacial score (nSPS) is 10.3. The van der Waals surface area contributed by atoms with E-state index in [1.54, 1.807) is 6.92 Å². The number of likely N-dealkylation sites (N-methyl/N-ethyl adjacent to an activating group) is 1. The zero-order valence-corrected chi connectivity index (χ0v) is 13.6. The molecule has 0 aliphatic carbocycles. The maximum absolute atomic E-state index is 12.1. The molecule has 0 aromatic heterocycles. The van der Waals surface area contributed by atoms with Gasteiger partial charge in [-0.05, 0) is 31.9 Å². The first-order valence-electron chi connectivity index (χ1n) is 6.74. The molecule has 1 aromatic rings. The van der Waals surface area contributed by atoms with Crippen LogP contribution in [0.25, 0.3) is 0 Å². The first-order chi connectivity index (χ1) is 9.92. The van der Waals surface area contributed by atoms with E-state index < -0.39 is 0 Å². The third-order valence-electron chi connectivity index (χ3n) is 3.09. The van der Waals surface area contributed by atoms with Crippen LogP contribution >= 0.6 is 11.6 Å². The molecule has 0 N–H and O–H groups in total. The van der Waals surface area contributed by atoms with Crippen LogP contribution in [0.2, 0.25) is 0 Å². The molecule has 1 aromatic carbocycles. The van der Waals surface area contributed by atoms with Crippen LogP contribution in [-0.4, -0.2) is 43.0 Å². The largest absolute Gasteiger partial charge is 0.301 e. The maximum atomic E-state index is 12.1. The van der Waals surface area contributed by atoms with Crippen molar-refractivity contribution in [2.45, 2.75) is 20.8 Å². The predicted molar refractivity (Wildman–Crippen MR) is 83.4 cm³/mol. The van der Waals surface area contributed by atoms with Crippen molar-refractivity contribution in [3.63, 3.8) is 0 Å². The van der Waals surface area contributed by atoms with E-state index in [1.807, 2.05) is 32.0 Å². The summed E-state index contributed by atoms with van der Waals surface area (Å²) in [6, 6.07) is 5.70. The summed E-state index contributed by atoms with van der Waals surface area (Å²) in [7, 11) is 1.53. The summed E-state index contributed by atoms with van der Waals surface area (Å²) in [5.41, 5.74) is 2.56. The van der Waals surface area contributed by atoms with E-state index in [0.717, 1.165) is 21.9 Å². The fraction of sp³-hybridized carbons (Fsp3) is 0.467. The lowest BCUT2D eigenvalue weighted by Crippen LogP contribution is -2.42. The average molecular weight is 313 g/mol. The van der Waals surface area contributed by atoms with Gasteiger partial charge in [0.25, 0.3) is 5.91 Å². The molecule has 0 saturated carbocycles. The fourth-order valence-electron chi connectivity index (χ4n) is 2.10. The van der Waals surface area contributed by atoms with Crippen LogP contribution in [0.3, 0.4) is 0 Å². The van der Waals surface area contributed by atoms with E-state index in [9.17, 15) is 9.59 Å². The highest BCUT2D eigenvalue weighted by atomic mass is 35.5. The molecular weight excluding hydrogens is 292 g/mol. The van der Waals surface area contributed by atoms with Gasteiger partial charge in [0.1, 0.15) is 12.4 Å². The molecule has 0 saturated heterocycles. The summed E-state index contributed by atoms with van der Waals surface area (Å²) in [5, 5.41) is 1.14. The van der Waals surface area contributed by atoms with Crippen molar-refractivity contribution in [2.24, 2.45) is 0 Å². The summed E-state index contributed by atoms with van der Waals surface area (Å²) >= 11 is 5.68. The number of hydrogen-bond donors (Lipinski definition) is 0. The third kappa shape index (κ3) is 4.44. The number of aryl methyl sites for hydroxylation is 2. The molecule has 0 spiro atoms. The standard InChI is InChI=1S/C15H21ClN2O3/c1-5-21-17(4)14(20)10-18(13(19)9-16)15-11(2)7-6-8-12(15)3/h6-8H,5,9-10H2,1-4H3. The van der Waals surface area contributed by atoms with Gasteiger partial charge in [0.15, 0.2) is 0 Å². The number of nitrogens with zero attached hydrogens (tertiary/aromatic N) is 2. The summed E-state index contributed by atoms with van der Waals surface area (Å²) in [5.74, 6) is -0.801. The van der Waals surface area contributed by atoms with Crippen molar-refractivity contribution in [3.8, 4) is 0 Å². The van der Waals surface area contributed by atoms with Crippen molar-refractivity contribution >= 4 is 29.1 Å². The smallest absolute Gasteiger partial charge is 0.265 e. The van der Waals surface area contributed by atoms with Gasteiger partial charge in [0.2, 0.25) is 5.91 Å². The molecule has 6 heteroatoms. The Bertz CT molecular complexity index is 499. The second-order valence-corrected chi connectivity index (χ2v) is 4.93. The summed E-state index contributed by atoms with van der Waals surface area (Å²) in [4.78, 5) is 30.8. The van der Waals surface area contributed by atoms with E-state index >= 15 is 0 Å². The Balaban J connectivity index is 3.08. The zero-order valence-electron chi connectivity index (χ0n) is 12.9. The van der Waals surface area contributed by atoms with Crippen molar-refractivity contribution in [1.82, 2.24) is 5.06 Å². The Hall–Kier alpha value is -1.59. The first kappa shape index (κ1) is 17.5. The van der Waals surface area contributed by atoms with Gasteiger partial charge in [0, 0.05) is 7.05 Å². The number of carbonyl (C=O) groups is 2. The second-order valence-electron chi connectivity index (χ2n) is 4.66. The van der Waals surface area contributed by atoms with E-state index in [2.05, 4.69) is 0 Å². The molecule has 0 fully saturated rings. The van der Waals surface area contributed by atoms with Gasteiger partial charge in [0.05, 0.1) is 12.3 Å². The summed E-state index contributed by atoms with van der Waals surface area (Å²) in [6.45, 7) is 5.86. The minimum Gasteiger partial charge on any atom is -0.301 e. The molecule has 0 bridgehead atoms. The number of hydrogen-bond acceptors (Lipinski definition) is 3. The molecular formula is C15H21ClN2O3. The number of anilines is 1. The Labute approximate surface area is 130 Å². The number of hydroxylamine groups is 2. The highest BCUT2D eigenvalue weighted by Gasteiger charge is 2.23. The molecule has 2 amide bonds. The SMILES string of the molecule is CCON(C)C(=O)CN(C(=O)CCl)c1c(C)cccc1C. The number of alkyl halides is 1. The van der Waals surface area contributed by atoms with Gasteiger partial charge in [-0.25, -0.2) is 5.06 Å². The molecule has 1 rings (SSSR count). The number of carbonyl (C=O) groups excluding carboxylic acids is 2. The van der Waals surface area contributed by atoms with Crippen LogP contribution in [0, 0.1) is 13.8 Å². The quantitative estimate of drug-likeness (QED) is 0.598. The Morgan fingerprint density at radius 3 is 2.24 bits per heavy atom. The highest BCUT2D eigenvalue weighted by Crippen LogP contribution is 2.25. The summed E-state index contributed by atoms with van der Waals surface area (Å²) < 4.78 is 0. The van der Waals surface area contributed by atoms with Crippen LogP contribution in [0.15, 0.2) is 18.2 Å². The number of para-hydroxylation sites is 1. The van der Waals surface area contributed by atoms with Crippen LogP contribution in [-0.2, 0) is 14.4 Å². The van der Waals surface area contributed by atoms with E-state index in [4.69, 9.17) is 16.4 Å². The number of halogens is 1. The van der Waals surface area contributed by atoms with Gasteiger partial charge >= 0.3 is 0 Å². The monoisotopic (exact) mass is 312 g/mol. The molecule has 0 atom stereocenters. The van der Waals surface area contributed by atoms with E-state index in [-0.39, 0.29) is 24.2 Å². The minimum atomic E-state index is -0.313. The van der Waals surface area contributed by atoms with Crippen molar-refractivity contribution < 1.29 is 14.4 Å². The highest BCUT2D eigenvalue weighted by molar-refractivity contribution is 6.29. The number of rotatable bonds is 6. The van der Waals surface area contributed by atoms with Crippen LogP contribution in [0.4, 0.5) is 5.69 Å². The molecule has 0 aliphatic heterocycles. The van der Waals surface area contributed by atoms with Crippen molar-refractivity contribution in [2.75, 3.05) is 31.0 Å². The lowest BCUT2D eigenvalue weighted by atomic mass is 10.1. The minimum absolute atomic E-state index is 0.103. The maximum Gasteiger partial charge on any atom is 0.265 e. The van der Waals surface area contributed by atoms with Crippen LogP contribution < -0.4 is 4.90 Å². The lowest BCUT2D eigenvalue weighted by Gasteiger charge is -2.27. The van der Waals surface area contributed by atoms with Crippen molar-refractivity contribution in [3.05, 3.63) is 29.3 Å². The fourth-order valence-corrected chi connectivity index (χ4v) is 2.24. The first-order valence-corrected chi connectivity index (χ1v) is 7.27. The topological polar surface area (TPSA) is 49.9 Å². The Morgan fingerprint density at radius 1 is 1.19 bits per heavy atom. The molecule has 0 unspecified atom stereocenters. The van der Waals surface area contributed by atoms with E-state index in [1.165, 1.54) is 11.9 Å². The molecule has 0 radical (unpaired) electrons. The van der Waals surface area contributed by atoms with Crippen LogP contribution in [0.1, 0.15) is 18.1 Å². The zero-order chi connectivity index (χ0) is 16.0. The van der Waals surface area contributed by atoms with Crippen LogP contribution in [0.5, 0.6) is 0 Å². The second kappa shape index (κ2) is 8.00. The molecule has 0 aliphatic rings. The molecule has 21 heavy (non-hydrogen) atoms. The Morgan fingerprint density at radius 2 is 1.76 bits per heavy atom. The van der Waals surface area contributed by atoms with Gasteiger partial charge in [-0.15, -0.1) is 11.6 Å². The van der Waals surface area contributed by atoms with Gasteiger partial charge < -0.3 is 4.90 Å². The van der Waals surface area contributed by atoms with Gasteiger partial charge in [-0.2, -0.15) is 0 Å². The van der Waals surface area contributed by atoms with Gasteiger partial charge in [-0.3, -0.25) is 14.4 Å². The average Bonchev–Trinajstić information content (AvgIpc) is 2.45. The molecule has 116 valence electrons. The number of benzene rings is 1. The third-order valence-corrected chi connectivity index (χ3v) is 3.32. The van der Waals surface area contributed by atoms with E-state index in [0.29, 0.717) is 6.61 Å². The Kier molecular flexibility index (Phi) is 6.65. The van der Waals surface area contributed by atoms with Gasteiger partial charge in [-0.1, -0.05) is 18.2 Å². The summed E-state index contributed by atoms with van der Waals surface area (Å²) in [6.07, 6.45) is 0. The number of amides is 2. The lowest BCUT2D eigenvalue weighted by molar-refractivity contribution is -0.175. The predicted octanol–water partition coefficient (Wildman–Crippen LogP) is 2.29. The van der Waals surface area contributed by atoms with Crippen molar-refractivity contribution in [1.29, 1.82) is 0 Å². The molecule has 5 nitrogen and oxygen atoms in total. The molecule has 0 heterocycles.